The summed E-state index contributed by atoms with van der Waals surface area (Å²) in [6.07, 6.45) is 5.91. The lowest BCUT2D eigenvalue weighted by atomic mass is 9.79. The maximum absolute atomic E-state index is 13.2. The number of carbonyl (C=O) groups excluding carboxylic acids is 1. The normalized spacial score (nSPS) is 16.4. The number of nitrogens with zero attached hydrogens (tertiary/aromatic N) is 1. The monoisotopic (exact) mass is 298 g/mol. The van der Waals surface area contributed by atoms with Crippen molar-refractivity contribution in [3.8, 4) is 0 Å². The zero-order chi connectivity index (χ0) is 15.4. The molecule has 0 spiro atoms. The van der Waals surface area contributed by atoms with Gasteiger partial charge in [0.05, 0.1) is 0 Å². The third-order valence-electron chi connectivity index (χ3n) is 4.50. The molecule has 1 aliphatic carbocycles. The third kappa shape index (κ3) is 3.01. The number of aromatic nitrogens is 1. The molecule has 0 aliphatic heterocycles. The van der Waals surface area contributed by atoms with Gasteiger partial charge in [0, 0.05) is 18.2 Å². The Labute approximate surface area is 129 Å². The predicted molar refractivity (Wildman–Crippen MR) is 83.1 cm³/mol. The van der Waals surface area contributed by atoms with Crippen molar-refractivity contribution in [2.45, 2.75) is 31.1 Å². The van der Waals surface area contributed by atoms with Gasteiger partial charge < -0.3 is 5.32 Å². The fraction of sp³-hybridized carbons (Fsp3) is 0.333. The number of nitrogens with one attached hydrogen (secondary N) is 1. The maximum atomic E-state index is 13.2. The number of hydrogen-bond acceptors (Lipinski definition) is 2. The van der Waals surface area contributed by atoms with Gasteiger partial charge in [-0.3, -0.25) is 9.78 Å². The standard InChI is InChI=1S/C18H19FN2O/c19-15-8-6-14(7-9-15)18(10-2-3-11-18)13-21-17(22)16-5-1-4-12-20-16/h1,4-9,12H,2-3,10-11,13H2,(H,21,22). The third-order valence-corrected chi connectivity index (χ3v) is 4.50. The molecule has 1 N–H and O–H groups in total. The van der Waals surface area contributed by atoms with Crippen molar-refractivity contribution < 1.29 is 9.18 Å². The van der Waals surface area contributed by atoms with E-state index in [2.05, 4.69) is 10.3 Å². The molecule has 22 heavy (non-hydrogen) atoms. The van der Waals surface area contributed by atoms with Crippen molar-refractivity contribution >= 4 is 5.91 Å². The molecule has 0 saturated heterocycles. The van der Waals surface area contributed by atoms with Crippen LogP contribution in [0, 0.1) is 5.82 Å². The van der Waals surface area contributed by atoms with Crippen molar-refractivity contribution in [1.82, 2.24) is 10.3 Å². The van der Waals surface area contributed by atoms with Crippen LogP contribution in [0.5, 0.6) is 0 Å². The van der Waals surface area contributed by atoms with Crippen molar-refractivity contribution in [2.24, 2.45) is 0 Å². The largest absolute Gasteiger partial charge is 0.350 e. The highest BCUT2D eigenvalue weighted by atomic mass is 19.1. The number of halogens is 1. The molecule has 1 amide bonds. The second-order valence-corrected chi connectivity index (χ2v) is 5.89. The molecule has 4 heteroatoms. The summed E-state index contributed by atoms with van der Waals surface area (Å²) in [5, 5.41) is 3.00. The second-order valence-electron chi connectivity index (χ2n) is 5.89. The Hall–Kier alpha value is -2.23. The van der Waals surface area contributed by atoms with Crippen LogP contribution in [0.3, 0.4) is 0 Å². The first-order chi connectivity index (χ1) is 10.7. The number of rotatable bonds is 4. The first kappa shape index (κ1) is 14.7. The minimum absolute atomic E-state index is 0.0852. The van der Waals surface area contributed by atoms with Crippen molar-refractivity contribution in [2.75, 3.05) is 6.54 Å². The highest BCUT2D eigenvalue weighted by Gasteiger charge is 2.36. The Morgan fingerprint density at radius 3 is 2.50 bits per heavy atom. The van der Waals surface area contributed by atoms with Crippen molar-refractivity contribution in [3.05, 3.63) is 65.7 Å². The molecule has 1 aromatic heterocycles. The Morgan fingerprint density at radius 1 is 1.14 bits per heavy atom. The van der Waals surface area contributed by atoms with Crippen LogP contribution in [0.1, 0.15) is 41.7 Å². The Kier molecular flexibility index (Phi) is 4.18. The molecule has 3 nitrogen and oxygen atoms in total. The van der Waals surface area contributed by atoms with Gasteiger partial charge in [-0.1, -0.05) is 31.0 Å². The number of hydrogen-bond donors (Lipinski definition) is 1. The van der Waals surface area contributed by atoms with E-state index in [1.807, 2.05) is 12.1 Å². The molecular formula is C18H19FN2O. The molecule has 114 valence electrons. The highest BCUT2D eigenvalue weighted by Crippen LogP contribution is 2.40. The summed E-state index contributed by atoms with van der Waals surface area (Å²) in [5.74, 6) is -0.386. The van der Waals surface area contributed by atoms with Crippen LogP contribution < -0.4 is 5.32 Å². The van der Waals surface area contributed by atoms with Gasteiger partial charge in [-0.25, -0.2) is 4.39 Å². The van der Waals surface area contributed by atoms with Crippen LogP contribution >= 0.6 is 0 Å². The van der Waals surface area contributed by atoms with Crippen LogP contribution in [0.4, 0.5) is 4.39 Å². The highest BCUT2D eigenvalue weighted by molar-refractivity contribution is 5.92. The Balaban J connectivity index is 1.75. The predicted octanol–water partition coefficient (Wildman–Crippen LogP) is 3.46. The molecule has 0 unspecified atom stereocenters. The van der Waals surface area contributed by atoms with Gasteiger partial charge in [0.2, 0.25) is 0 Å². The van der Waals surface area contributed by atoms with Gasteiger partial charge in [0.1, 0.15) is 11.5 Å². The van der Waals surface area contributed by atoms with E-state index >= 15 is 0 Å². The Bertz CT molecular complexity index is 634. The van der Waals surface area contributed by atoms with E-state index in [0.29, 0.717) is 12.2 Å². The lowest BCUT2D eigenvalue weighted by molar-refractivity contribution is 0.0938. The van der Waals surface area contributed by atoms with Gasteiger partial charge >= 0.3 is 0 Å². The zero-order valence-corrected chi connectivity index (χ0v) is 12.4. The van der Waals surface area contributed by atoms with E-state index in [9.17, 15) is 9.18 Å². The summed E-state index contributed by atoms with van der Waals surface area (Å²) in [6.45, 7) is 0.564. The van der Waals surface area contributed by atoms with Crippen molar-refractivity contribution in [1.29, 1.82) is 0 Å². The number of pyridine rings is 1. The molecule has 1 fully saturated rings. The number of carbonyl (C=O) groups is 1. The fourth-order valence-corrected chi connectivity index (χ4v) is 3.26. The van der Waals surface area contributed by atoms with Gasteiger partial charge in [-0.2, -0.15) is 0 Å². The zero-order valence-electron chi connectivity index (χ0n) is 12.4. The lowest BCUT2D eigenvalue weighted by Gasteiger charge is -2.30. The van der Waals surface area contributed by atoms with E-state index < -0.39 is 0 Å². The molecule has 2 aromatic rings. The molecule has 0 bridgehead atoms. The van der Waals surface area contributed by atoms with E-state index in [-0.39, 0.29) is 17.1 Å². The number of benzene rings is 1. The second kappa shape index (κ2) is 6.26. The summed E-state index contributed by atoms with van der Waals surface area (Å²) in [7, 11) is 0. The van der Waals surface area contributed by atoms with Crippen molar-refractivity contribution in [3.63, 3.8) is 0 Å². The molecule has 1 saturated carbocycles. The van der Waals surface area contributed by atoms with Crippen LogP contribution in [0.2, 0.25) is 0 Å². The fourth-order valence-electron chi connectivity index (χ4n) is 3.26. The SMILES string of the molecule is O=C(NCC1(c2ccc(F)cc2)CCCC1)c1ccccn1. The summed E-state index contributed by atoms with van der Waals surface area (Å²) >= 11 is 0. The molecule has 0 atom stereocenters. The summed E-state index contributed by atoms with van der Waals surface area (Å²) in [4.78, 5) is 16.3. The van der Waals surface area contributed by atoms with Gasteiger partial charge in [0.15, 0.2) is 0 Å². The van der Waals surface area contributed by atoms with E-state index in [4.69, 9.17) is 0 Å². The topological polar surface area (TPSA) is 42.0 Å². The number of amides is 1. The minimum atomic E-state index is -0.227. The maximum Gasteiger partial charge on any atom is 0.269 e. The molecular weight excluding hydrogens is 279 g/mol. The van der Waals surface area contributed by atoms with Gasteiger partial charge in [-0.05, 0) is 42.7 Å². The minimum Gasteiger partial charge on any atom is -0.350 e. The quantitative estimate of drug-likeness (QED) is 0.939. The van der Waals surface area contributed by atoms with Crippen LogP contribution in [0.15, 0.2) is 48.7 Å². The molecule has 3 rings (SSSR count). The molecule has 1 aliphatic rings. The van der Waals surface area contributed by atoms with Crippen LogP contribution in [-0.4, -0.2) is 17.4 Å². The van der Waals surface area contributed by atoms with Crippen LogP contribution in [-0.2, 0) is 5.41 Å². The van der Waals surface area contributed by atoms with Gasteiger partial charge in [0.25, 0.3) is 5.91 Å². The van der Waals surface area contributed by atoms with Crippen LogP contribution in [0.25, 0.3) is 0 Å². The smallest absolute Gasteiger partial charge is 0.269 e. The summed E-state index contributed by atoms with van der Waals surface area (Å²) in [6, 6.07) is 12.0. The molecule has 1 heterocycles. The van der Waals surface area contributed by atoms with Gasteiger partial charge in [-0.15, -0.1) is 0 Å². The lowest BCUT2D eigenvalue weighted by Crippen LogP contribution is -2.39. The molecule has 1 aromatic carbocycles. The average molecular weight is 298 g/mol. The summed E-state index contributed by atoms with van der Waals surface area (Å²) < 4.78 is 13.2. The van der Waals surface area contributed by atoms with E-state index in [1.165, 1.54) is 12.1 Å². The average Bonchev–Trinajstić information content (AvgIpc) is 3.04. The first-order valence-electron chi connectivity index (χ1n) is 7.65. The summed E-state index contributed by atoms with van der Waals surface area (Å²) in [5.41, 5.74) is 1.44. The van der Waals surface area contributed by atoms with E-state index in [0.717, 1.165) is 31.2 Å². The van der Waals surface area contributed by atoms with E-state index in [1.54, 1.807) is 24.4 Å². The first-order valence-corrected chi connectivity index (χ1v) is 7.65. The Morgan fingerprint density at radius 2 is 1.86 bits per heavy atom. The molecule has 0 radical (unpaired) electrons.